The number of hydrogen-bond acceptors (Lipinski definition) is 6. The second-order valence-electron chi connectivity index (χ2n) is 5.60. The molecule has 0 atom stereocenters. The van der Waals surface area contributed by atoms with Crippen molar-refractivity contribution in [2.45, 2.75) is 33.3 Å². The molecule has 23 heavy (non-hydrogen) atoms. The highest BCUT2D eigenvalue weighted by Gasteiger charge is 2.17. The minimum Gasteiger partial charge on any atom is -0.496 e. The summed E-state index contributed by atoms with van der Waals surface area (Å²) in [5, 5.41) is 0. The summed E-state index contributed by atoms with van der Waals surface area (Å²) >= 11 is 0. The Hall–Kier alpha value is -2.28. The Morgan fingerprint density at radius 3 is 2.48 bits per heavy atom. The zero-order valence-electron chi connectivity index (χ0n) is 14.1. The van der Waals surface area contributed by atoms with E-state index in [-0.39, 0.29) is 6.61 Å². The lowest BCUT2D eigenvalue weighted by molar-refractivity contribution is -0.145. The number of carbonyl (C=O) groups is 2. The average molecular weight is 325 g/mol. The van der Waals surface area contributed by atoms with Crippen LogP contribution in [0.2, 0.25) is 0 Å². The molecule has 0 radical (unpaired) electrons. The van der Waals surface area contributed by atoms with Crippen molar-refractivity contribution in [2.24, 2.45) is 0 Å². The van der Waals surface area contributed by atoms with Gasteiger partial charge in [-0.1, -0.05) is 0 Å². The molecular formula is C16H23NO6. The van der Waals surface area contributed by atoms with E-state index in [2.05, 4.69) is 5.48 Å². The van der Waals surface area contributed by atoms with E-state index >= 15 is 0 Å². The van der Waals surface area contributed by atoms with Crippen molar-refractivity contribution < 1.29 is 28.6 Å². The molecule has 128 valence electrons. The minimum atomic E-state index is -0.508. The second kappa shape index (κ2) is 8.38. The molecule has 1 rings (SSSR count). The third-order valence-corrected chi connectivity index (χ3v) is 2.53. The summed E-state index contributed by atoms with van der Waals surface area (Å²) in [7, 11) is 1.44. The molecule has 0 unspecified atom stereocenters. The first kappa shape index (κ1) is 18.8. The number of ether oxygens (including phenoxy) is 3. The monoisotopic (exact) mass is 325 g/mol. The van der Waals surface area contributed by atoms with Gasteiger partial charge in [0.05, 0.1) is 24.9 Å². The number of carbonyl (C=O) groups excluding carboxylic acids is 2. The van der Waals surface area contributed by atoms with Crippen LogP contribution in [-0.4, -0.2) is 37.8 Å². The molecule has 7 heteroatoms. The average Bonchev–Trinajstić information content (AvgIpc) is 2.50. The van der Waals surface area contributed by atoms with Gasteiger partial charge in [0.25, 0.3) is 5.91 Å². The smallest absolute Gasteiger partial charge is 0.344 e. The molecule has 1 N–H and O–H groups in total. The fourth-order valence-corrected chi connectivity index (χ4v) is 1.55. The topological polar surface area (TPSA) is 83.1 Å². The molecule has 0 bridgehead atoms. The van der Waals surface area contributed by atoms with Gasteiger partial charge in [-0.15, -0.1) is 0 Å². The van der Waals surface area contributed by atoms with Gasteiger partial charge in [-0.2, -0.15) is 0 Å². The molecule has 1 amide bonds. The Morgan fingerprint density at radius 2 is 1.91 bits per heavy atom. The minimum absolute atomic E-state index is 0.213. The van der Waals surface area contributed by atoms with Gasteiger partial charge in [0.15, 0.2) is 6.61 Å². The van der Waals surface area contributed by atoms with E-state index in [1.807, 2.05) is 20.8 Å². The van der Waals surface area contributed by atoms with Crippen LogP contribution in [0.3, 0.4) is 0 Å². The van der Waals surface area contributed by atoms with Crippen molar-refractivity contribution >= 4 is 11.9 Å². The number of hydrogen-bond donors (Lipinski definition) is 1. The maximum absolute atomic E-state index is 12.1. The van der Waals surface area contributed by atoms with Gasteiger partial charge >= 0.3 is 5.97 Å². The highest BCUT2D eigenvalue weighted by atomic mass is 16.7. The molecule has 1 aromatic rings. The number of hydroxylamine groups is 1. The van der Waals surface area contributed by atoms with Crippen molar-refractivity contribution in [1.29, 1.82) is 0 Å². The number of nitrogens with one attached hydrogen (secondary N) is 1. The lowest BCUT2D eigenvalue weighted by Crippen LogP contribution is -2.33. The van der Waals surface area contributed by atoms with Gasteiger partial charge in [-0.3, -0.25) is 9.63 Å². The quantitative estimate of drug-likeness (QED) is 0.610. The Bertz CT molecular complexity index is 550. The Morgan fingerprint density at radius 1 is 1.22 bits per heavy atom. The predicted octanol–water partition coefficient (Wildman–Crippen LogP) is 2.10. The lowest BCUT2D eigenvalue weighted by Gasteiger charge is -2.19. The van der Waals surface area contributed by atoms with Crippen molar-refractivity contribution in [2.75, 3.05) is 20.3 Å². The zero-order valence-corrected chi connectivity index (χ0v) is 14.1. The highest BCUT2D eigenvalue weighted by molar-refractivity contribution is 5.96. The number of esters is 1. The van der Waals surface area contributed by atoms with Gasteiger partial charge in [-0.05, 0) is 39.8 Å². The summed E-state index contributed by atoms with van der Waals surface area (Å²) in [5.74, 6) is -0.204. The van der Waals surface area contributed by atoms with E-state index in [1.54, 1.807) is 13.0 Å². The van der Waals surface area contributed by atoms with Gasteiger partial charge < -0.3 is 14.2 Å². The predicted molar refractivity (Wildman–Crippen MR) is 83.4 cm³/mol. The molecule has 0 aromatic heterocycles. The van der Waals surface area contributed by atoms with Gasteiger partial charge in [0.1, 0.15) is 11.5 Å². The van der Waals surface area contributed by atoms with Crippen molar-refractivity contribution in [1.82, 2.24) is 5.48 Å². The summed E-state index contributed by atoms with van der Waals surface area (Å²) in [5.41, 5.74) is 2.15. The van der Waals surface area contributed by atoms with Crippen LogP contribution in [0.1, 0.15) is 38.1 Å². The van der Waals surface area contributed by atoms with Gasteiger partial charge in [0.2, 0.25) is 0 Å². The maximum atomic E-state index is 12.1. The molecule has 7 nitrogen and oxygen atoms in total. The molecule has 0 aliphatic carbocycles. The maximum Gasteiger partial charge on any atom is 0.344 e. The molecule has 0 aliphatic rings. The van der Waals surface area contributed by atoms with Gasteiger partial charge in [0, 0.05) is 6.07 Å². The number of rotatable bonds is 7. The molecule has 0 spiro atoms. The summed E-state index contributed by atoms with van der Waals surface area (Å²) < 4.78 is 15.2. The van der Waals surface area contributed by atoms with Crippen LogP contribution in [-0.2, 0) is 14.4 Å². The molecule has 0 saturated heterocycles. The normalized spacial score (nSPS) is 10.8. The summed E-state index contributed by atoms with van der Waals surface area (Å²) in [6, 6.07) is 4.61. The first-order valence-corrected chi connectivity index (χ1v) is 7.21. The van der Waals surface area contributed by atoms with Crippen LogP contribution in [0.25, 0.3) is 0 Å². The molecule has 0 fully saturated rings. The van der Waals surface area contributed by atoms with E-state index in [0.29, 0.717) is 23.7 Å². The third-order valence-electron chi connectivity index (χ3n) is 2.53. The summed E-state index contributed by atoms with van der Waals surface area (Å²) in [4.78, 5) is 28.6. The van der Waals surface area contributed by atoms with Crippen molar-refractivity contribution in [3.8, 4) is 11.5 Å². The third kappa shape index (κ3) is 6.56. The summed E-state index contributed by atoms with van der Waals surface area (Å²) in [6.45, 7) is 7.24. The first-order valence-electron chi connectivity index (χ1n) is 7.21. The lowest BCUT2D eigenvalue weighted by atomic mass is 10.2. The molecule has 1 aromatic carbocycles. The fraction of sp³-hybridized carbons (Fsp3) is 0.500. The Labute approximate surface area is 135 Å². The largest absolute Gasteiger partial charge is 0.496 e. The molecule has 0 aliphatic heterocycles. The number of benzene rings is 1. The van der Waals surface area contributed by atoms with E-state index in [1.165, 1.54) is 19.2 Å². The number of methoxy groups -OCH3 is 1. The van der Waals surface area contributed by atoms with Gasteiger partial charge in [-0.25, -0.2) is 10.3 Å². The van der Waals surface area contributed by atoms with Crippen LogP contribution < -0.4 is 15.0 Å². The molecular weight excluding hydrogens is 302 g/mol. The van der Waals surface area contributed by atoms with Crippen LogP contribution in [0.5, 0.6) is 11.5 Å². The molecule has 0 heterocycles. The number of amides is 1. The van der Waals surface area contributed by atoms with Crippen LogP contribution in [0.15, 0.2) is 18.2 Å². The van der Waals surface area contributed by atoms with E-state index in [0.717, 1.165) is 0 Å². The van der Waals surface area contributed by atoms with E-state index in [4.69, 9.17) is 19.0 Å². The second-order valence-corrected chi connectivity index (χ2v) is 5.60. The van der Waals surface area contributed by atoms with Crippen molar-refractivity contribution in [3.63, 3.8) is 0 Å². The Balaban J connectivity index is 2.76. The summed E-state index contributed by atoms with van der Waals surface area (Å²) in [6.07, 6.45) is 0. The van der Waals surface area contributed by atoms with E-state index < -0.39 is 17.5 Å². The highest BCUT2D eigenvalue weighted by Crippen LogP contribution is 2.25. The SMILES string of the molecule is CCOC(=O)COc1ccc(C(=O)NOC(C)(C)C)c(OC)c1. The molecule has 0 saturated carbocycles. The Kier molecular flexibility index (Phi) is 6.84. The first-order chi connectivity index (χ1) is 10.8. The zero-order chi connectivity index (χ0) is 17.5. The standard InChI is InChI=1S/C16H23NO6/c1-6-21-14(18)10-22-11-7-8-12(13(9-11)20-5)15(19)17-23-16(2,3)4/h7-9H,6,10H2,1-5H3,(H,17,19). The van der Waals surface area contributed by atoms with Crippen LogP contribution in [0, 0.1) is 0 Å². The van der Waals surface area contributed by atoms with E-state index in [9.17, 15) is 9.59 Å². The van der Waals surface area contributed by atoms with Crippen LogP contribution >= 0.6 is 0 Å². The van der Waals surface area contributed by atoms with Crippen LogP contribution in [0.4, 0.5) is 0 Å². The fourth-order valence-electron chi connectivity index (χ4n) is 1.55. The van der Waals surface area contributed by atoms with Crippen molar-refractivity contribution in [3.05, 3.63) is 23.8 Å².